The lowest BCUT2D eigenvalue weighted by molar-refractivity contribution is 0.160. The highest BCUT2D eigenvalue weighted by molar-refractivity contribution is 5.27. The maximum Gasteiger partial charge on any atom is 0.200 e. The van der Waals surface area contributed by atoms with Gasteiger partial charge in [0.05, 0.1) is 0 Å². The molecule has 1 aliphatic rings. The summed E-state index contributed by atoms with van der Waals surface area (Å²) < 4.78 is 67.3. The molecule has 0 aliphatic carbocycles. The predicted molar refractivity (Wildman–Crippen MR) is 63.7 cm³/mol. The summed E-state index contributed by atoms with van der Waals surface area (Å²) >= 11 is 0. The topological polar surface area (TPSA) is 15.3 Å². The molecule has 0 bridgehead atoms. The molecule has 1 saturated heterocycles. The first-order valence-corrected chi connectivity index (χ1v) is 6.45. The maximum atomic E-state index is 13.8. The highest BCUT2D eigenvalue weighted by Gasteiger charge is 2.32. The van der Waals surface area contributed by atoms with Crippen LogP contribution in [-0.4, -0.2) is 31.1 Å². The molecule has 1 aromatic carbocycles. The molecule has 1 N–H and O–H groups in total. The molecule has 1 aliphatic heterocycles. The van der Waals surface area contributed by atoms with Crippen molar-refractivity contribution in [3.05, 3.63) is 34.6 Å². The lowest BCUT2D eigenvalue weighted by atomic mass is 9.99. The van der Waals surface area contributed by atoms with E-state index >= 15 is 0 Å². The summed E-state index contributed by atoms with van der Waals surface area (Å²) in [5.41, 5.74) is -0.731. The van der Waals surface area contributed by atoms with Crippen molar-refractivity contribution in [2.75, 3.05) is 26.2 Å². The summed E-state index contributed by atoms with van der Waals surface area (Å²) in [5, 5.41) is 3.07. The number of hydrogen-bond donors (Lipinski definition) is 1. The van der Waals surface area contributed by atoms with Crippen LogP contribution in [0.5, 0.6) is 0 Å². The zero-order valence-electron chi connectivity index (χ0n) is 10.9. The number of rotatable bonds is 3. The van der Waals surface area contributed by atoms with E-state index in [9.17, 15) is 22.0 Å². The minimum atomic E-state index is -2.11. The molecular formula is C13H15F5N2. The molecule has 0 amide bonds. The zero-order valence-corrected chi connectivity index (χ0v) is 10.9. The Balaban J connectivity index is 2.48. The molecule has 7 heteroatoms. The van der Waals surface area contributed by atoms with Crippen LogP contribution in [0, 0.1) is 29.1 Å². The van der Waals surface area contributed by atoms with E-state index in [0.29, 0.717) is 26.2 Å². The monoisotopic (exact) mass is 294 g/mol. The van der Waals surface area contributed by atoms with Gasteiger partial charge in [-0.15, -0.1) is 0 Å². The first-order valence-electron chi connectivity index (χ1n) is 6.45. The fourth-order valence-corrected chi connectivity index (χ4v) is 2.55. The molecule has 1 fully saturated rings. The Labute approximate surface area is 113 Å². The van der Waals surface area contributed by atoms with Crippen LogP contribution in [0.4, 0.5) is 22.0 Å². The molecule has 0 aromatic heterocycles. The van der Waals surface area contributed by atoms with Crippen molar-refractivity contribution in [3.63, 3.8) is 0 Å². The fourth-order valence-electron chi connectivity index (χ4n) is 2.55. The molecule has 112 valence electrons. The molecule has 2 nitrogen and oxygen atoms in total. The van der Waals surface area contributed by atoms with Crippen molar-refractivity contribution in [1.29, 1.82) is 0 Å². The average molecular weight is 294 g/mol. The maximum absolute atomic E-state index is 13.8. The second-order valence-electron chi connectivity index (χ2n) is 4.69. The van der Waals surface area contributed by atoms with Gasteiger partial charge in [0, 0.05) is 37.8 Å². The van der Waals surface area contributed by atoms with E-state index in [1.807, 2.05) is 0 Å². The van der Waals surface area contributed by atoms with Gasteiger partial charge >= 0.3 is 0 Å². The van der Waals surface area contributed by atoms with Crippen LogP contribution in [0.2, 0.25) is 0 Å². The Morgan fingerprint density at radius 3 is 1.80 bits per heavy atom. The average Bonchev–Trinajstić information content (AvgIpc) is 2.48. The largest absolute Gasteiger partial charge is 0.314 e. The van der Waals surface area contributed by atoms with Gasteiger partial charge in [0.1, 0.15) is 0 Å². The second kappa shape index (κ2) is 6.05. The first-order chi connectivity index (χ1) is 9.49. The molecule has 0 unspecified atom stereocenters. The lowest BCUT2D eigenvalue weighted by Crippen LogP contribution is -2.45. The smallest absolute Gasteiger partial charge is 0.200 e. The Kier molecular flexibility index (Phi) is 4.59. The second-order valence-corrected chi connectivity index (χ2v) is 4.69. The molecular weight excluding hydrogens is 279 g/mol. The fraction of sp³-hybridized carbons (Fsp3) is 0.538. The van der Waals surface area contributed by atoms with E-state index in [1.165, 1.54) is 0 Å². The van der Waals surface area contributed by atoms with Crippen molar-refractivity contribution in [2.45, 2.75) is 19.4 Å². The van der Waals surface area contributed by atoms with E-state index in [4.69, 9.17) is 0 Å². The number of nitrogens with zero attached hydrogens (tertiary/aromatic N) is 1. The highest BCUT2D eigenvalue weighted by atomic mass is 19.2. The Morgan fingerprint density at radius 2 is 1.35 bits per heavy atom. The first kappa shape index (κ1) is 15.2. The summed E-state index contributed by atoms with van der Waals surface area (Å²) in [6, 6.07) is -0.818. The van der Waals surface area contributed by atoms with Crippen molar-refractivity contribution in [2.24, 2.45) is 0 Å². The third-order valence-corrected chi connectivity index (χ3v) is 3.56. The SMILES string of the molecule is CC[C@H](c1c(F)c(F)c(F)c(F)c1F)N1CCNCC1. The van der Waals surface area contributed by atoms with E-state index < -0.39 is 40.7 Å². The van der Waals surface area contributed by atoms with Gasteiger partial charge in [-0.05, 0) is 6.42 Å². The van der Waals surface area contributed by atoms with Gasteiger partial charge in [0.2, 0.25) is 5.82 Å². The van der Waals surface area contributed by atoms with E-state index in [1.54, 1.807) is 11.8 Å². The molecule has 20 heavy (non-hydrogen) atoms. The van der Waals surface area contributed by atoms with Gasteiger partial charge in [0.25, 0.3) is 0 Å². The molecule has 0 saturated carbocycles. The predicted octanol–water partition coefficient (Wildman–Crippen LogP) is 2.74. The zero-order chi connectivity index (χ0) is 14.9. The normalized spacial score (nSPS) is 18.3. The molecule has 1 heterocycles. The van der Waals surface area contributed by atoms with Crippen LogP contribution in [-0.2, 0) is 0 Å². The minimum absolute atomic E-state index is 0.262. The van der Waals surface area contributed by atoms with Crippen LogP contribution in [0.3, 0.4) is 0 Å². The third-order valence-electron chi connectivity index (χ3n) is 3.56. The van der Waals surface area contributed by atoms with Gasteiger partial charge in [0.15, 0.2) is 23.3 Å². The number of piperazine rings is 1. The van der Waals surface area contributed by atoms with Crippen molar-refractivity contribution >= 4 is 0 Å². The Morgan fingerprint density at radius 1 is 0.900 bits per heavy atom. The molecule has 0 radical (unpaired) electrons. The van der Waals surface area contributed by atoms with E-state index in [0.717, 1.165) is 0 Å². The Hall–Kier alpha value is -1.21. The molecule has 1 aromatic rings. The minimum Gasteiger partial charge on any atom is -0.314 e. The Bertz CT molecular complexity index is 471. The standard InChI is InChI=1S/C13H15F5N2/c1-2-7(20-5-3-19-4-6-20)8-9(14)11(16)13(18)12(17)10(8)15/h7,19H,2-6H2,1H3/t7-/m1/s1. The van der Waals surface area contributed by atoms with Gasteiger partial charge < -0.3 is 5.32 Å². The molecule has 2 rings (SSSR count). The van der Waals surface area contributed by atoms with Gasteiger partial charge in [-0.3, -0.25) is 4.90 Å². The van der Waals surface area contributed by atoms with Crippen LogP contribution >= 0.6 is 0 Å². The van der Waals surface area contributed by atoms with E-state index in [2.05, 4.69) is 5.32 Å². The highest BCUT2D eigenvalue weighted by Crippen LogP contribution is 2.33. The van der Waals surface area contributed by atoms with E-state index in [-0.39, 0.29) is 6.42 Å². The van der Waals surface area contributed by atoms with Crippen molar-refractivity contribution in [1.82, 2.24) is 10.2 Å². The van der Waals surface area contributed by atoms with Gasteiger partial charge in [-0.2, -0.15) is 0 Å². The third kappa shape index (κ3) is 2.52. The summed E-state index contributed by atoms with van der Waals surface area (Å²) in [6.07, 6.45) is 0.262. The van der Waals surface area contributed by atoms with Gasteiger partial charge in [-0.1, -0.05) is 6.92 Å². The summed E-state index contributed by atoms with van der Waals surface area (Å²) in [5.74, 6) is -9.34. The summed E-state index contributed by atoms with van der Waals surface area (Å²) in [6.45, 7) is 3.89. The number of hydrogen-bond acceptors (Lipinski definition) is 2. The van der Waals surface area contributed by atoms with Crippen molar-refractivity contribution in [3.8, 4) is 0 Å². The summed E-state index contributed by atoms with van der Waals surface area (Å²) in [4.78, 5) is 1.73. The van der Waals surface area contributed by atoms with Crippen LogP contribution in [0.25, 0.3) is 0 Å². The number of benzene rings is 1. The lowest BCUT2D eigenvalue weighted by Gasteiger charge is -2.35. The van der Waals surface area contributed by atoms with Crippen LogP contribution < -0.4 is 5.32 Å². The van der Waals surface area contributed by atoms with Crippen LogP contribution in [0.15, 0.2) is 0 Å². The van der Waals surface area contributed by atoms with Crippen molar-refractivity contribution < 1.29 is 22.0 Å². The number of nitrogens with one attached hydrogen (secondary N) is 1. The number of halogens is 5. The summed E-state index contributed by atoms with van der Waals surface area (Å²) in [7, 11) is 0. The molecule has 1 atom stereocenters. The quantitative estimate of drug-likeness (QED) is 0.524. The van der Waals surface area contributed by atoms with Gasteiger partial charge in [-0.25, -0.2) is 22.0 Å². The molecule has 0 spiro atoms. The van der Waals surface area contributed by atoms with Crippen LogP contribution in [0.1, 0.15) is 24.9 Å².